The molecule has 0 saturated carbocycles. The van der Waals surface area contributed by atoms with Gasteiger partial charge in [0.15, 0.2) is 0 Å². The van der Waals surface area contributed by atoms with Crippen LogP contribution in [0.4, 0.5) is 10.2 Å². The maximum atomic E-state index is 14.2. The van der Waals surface area contributed by atoms with Gasteiger partial charge in [0, 0.05) is 13.0 Å². The van der Waals surface area contributed by atoms with E-state index in [9.17, 15) is 9.50 Å². The average Bonchev–Trinajstić information content (AvgIpc) is 3.17. The van der Waals surface area contributed by atoms with Crippen molar-refractivity contribution in [3.05, 3.63) is 42.2 Å². The van der Waals surface area contributed by atoms with Gasteiger partial charge in [0.1, 0.15) is 29.3 Å². The molecule has 0 radical (unpaired) electrons. The highest BCUT2D eigenvalue weighted by Gasteiger charge is 2.40. The molecule has 1 aromatic carbocycles. The summed E-state index contributed by atoms with van der Waals surface area (Å²) in [5, 5.41) is 21.3. The standard InChI is InChI=1S/C14H13FN6O/c15-9-2-1-3-10-12(9)13(17-8-16-10)21-5-4-14(22,7-21)11-6-18-20-19-11/h1-3,6,8,22H,4-5,7H2,(H,18,19,20)/t14-/m0/s1. The number of fused-ring (bicyclic) bond motifs is 1. The SMILES string of the molecule is O[C@@]1(c2cn[nH]n2)CCN(c2ncnc3cccc(F)c23)C1. The van der Waals surface area contributed by atoms with Crippen LogP contribution in [0.25, 0.3) is 10.9 Å². The Kier molecular flexibility index (Phi) is 2.80. The number of hydrogen-bond acceptors (Lipinski definition) is 6. The summed E-state index contributed by atoms with van der Waals surface area (Å²) in [4.78, 5) is 10.2. The Morgan fingerprint density at radius 2 is 2.23 bits per heavy atom. The molecule has 7 nitrogen and oxygen atoms in total. The second-order valence-corrected chi connectivity index (χ2v) is 5.39. The Morgan fingerprint density at radius 3 is 3.05 bits per heavy atom. The van der Waals surface area contributed by atoms with Gasteiger partial charge in [-0.05, 0) is 12.1 Å². The third-order valence-corrected chi connectivity index (χ3v) is 4.03. The van der Waals surface area contributed by atoms with Gasteiger partial charge in [-0.3, -0.25) is 0 Å². The van der Waals surface area contributed by atoms with Crippen molar-refractivity contribution in [2.75, 3.05) is 18.0 Å². The van der Waals surface area contributed by atoms with E-state index in [0.29, 0.717) is 35.4 Å². The molecule has 0 amide bonds. The summed E-state index contributed by atoms with van der Waals surface area (Å²) in [5.74, 6) is 0.118. The fraction of sp³-hybridized carbons (Fsp3) is 0.286. The topological polar surface area (TPSA) is 90.8 Å². The molecule has 3 aromatic rings. The largest absolute Gasteiger partial charge is 0.381 e. The van der Waals surface area contributed by atoms with Gasteiger partial charge in [-0.1, -0.05) is 6.07 Å². The van der Waals surface area contributed by atoms with Crippen LogP contribution in [-0.2, 0) is 5.60 Å². The van der Waals surface area contributed by atoms with Crippen molar-refractivity contribution in [3.8, 4) is 0 Å². The molecular formula is C14H13FN6O. The fourth-order valence-corrected chi connectivity index (χ4v) is 2.90. The van der Waals surface area contributed by atoms with Crippen LogP contribution >= 0.6 is 0 Å². The number of nitrogens with one attached hydrogen (secondary N) is 1. The zero-order chi connectivity index (χ0) is 15.2. The molecule has 2 aromatic heterocycles. The second-order valence-electron chi connectivity index (χ2n) is 5.39. The Bertz CT molecular complexity index is 818. The van der Waals surface area contributed by atoms with Gasteiger partial charge >= 0.3 is 0 Å². The molecule has 3 heterocycles. The van der Waals surface area contributed by atoms with Crippen LogP contribution in [-0.4, -0.2) is 43.6 Å². The molecule has 0 spiro atoms. The van der Waals surface area contributed by atoms with Crippen molar-refractivity contribution < 1.29 is 9.50 Å². The van der Waals surface area contributed by atoms with E-state index in [2.05, 4.69) is 25.4 Å². The van der Waals surface area contributed by atoms with Gasteiger partial charge in [0.25, 0.3) is 0 Å². The Hall–Kier alpha value is -2.61. The first-order chi connectivity index (χ1) is 10.7. The summed E-state index contributed by atoms with van der Waals surface area (Å²) >= 11 is 0. The summed E-state index contributed by atoms with van der Waals surface area (Å²) in [6.07, 6.45) is 3.38. The number of halogens is 1. The van der Waals surface area contributed by atoms with Crippen LogP contribution in [0.3, 0.4) is 0 Å². The summed E-state index contributed by atoms with van der Waals surface area (Å²) in [7, 11) is 0. The van der Waals surface area contributed by atoms with Crippen LogP contribution in [0.5, 0.6) is 0 Å². The van der Waals surface area contributed by atoms with Gasteiger partial charge in [0.05, 0.1) is 23.6 Å². The second kappa shape index (κ2) is 4.70. The van der Waals surface area contributed by atoms with E-state index in [4.69, 9.17) is 0 Å². The molecule has 1 aliphatic heterocycles. The molecule has 8 heteroatoms. The van der Waals surface area contributed by atoms with E-state index >= 15 is 0 Å². The molecule has 0 aliphatic carbocycles. The molecule has 112 valence electrons. The summed E-state index contributed by atoms with van der Waals surface area (Å²) in [6.45, 7) is 0.823. The van der Waals surface area contributed by atoms with Crippen molar-refractivity contribution in [2.45, 2.75) is 12.0 Å². The van der Waals surface area contributed by atoms with Gasteiger partial charge in [0.2, 0.25) is 0 Å². The van der Waals surface area contributed by atoms with Crippen LogP contribution in [0.15, 0.2) is 30.7 Å². The van der Waals surface area contributed by atoms with Gasteiger partial charge in [-0.25, -0.2) is 14.4 Å². The van der Waals surface area contributed by atoms with E-state index in [1.807, 2.05) is 4.90 Å². The number of aliphatic hydroxyl groups is 1. The maximum Gasteiger partial charge on any atom is 0.142 e. The predicted molar refractivity (Wildman–Crippen MR) is 76.6 cm³/mol. The Morgan fingerprint density at radius 1 is 1.32 bits per heavy atom. The first-order valence-corrected chi connectivity index (χ1v) is 6.90. The number of aromatic nitrogens is 5. The lowest BCUT2D eigenvalue weighted by Crippen LogP contribution is -2.31. The quantitative estimate of drug-likeness (QED) is 0.733. The molecule has 1 atom stereocenters. The number of benzene rings is 1. The normalized spacial score (nSPS) is 21.6. The predicted octanol–water partition coefficient (Wildman–Crippen LogP) is 0.985. The van der Waals surface area contributed by atoms with Gasteiger partial charge in [-0.2, -0.15) is 15.4 Å². The highest BCUT2D eigenvalue weighted by Crippen LogP contribution is 2.35. The van der Waals surface area contributed by atoms with Crippen LogP contribution in [0, 0.1) is 5.82 Å². The molecule has 4 rings (SSSR count). The molecule has 0 unspecified atom stereocenters. The minimum absolute atomic E-state index is 0.278. The highest BCUT2D eigenvalue weighted by atomic mass is 19.1. The lowest BCUT2D eigenvalue weighted by molar-refractivity contribution is 0.0559. The van der Waals surface area contributed by atoms with Crippen molar-refractivity contribution >= 4 is 16.7 Å². The lowest BCUT2D eigenvalue weighted by atomic mass is 10.00. The van der Waals surface area contributed by atoms with Crippen molar-refractivity contribution in [1.82, 2.24) is 25.4 Å². The molecule has 1 fully saturated rings. The van der Waals surface area contributed by atoms with E-state index in [1.165, 1.54) is 18.6 Å². The number of H-pyrrole nitrogens is 1. The number of rotatable bonds is 2. The van der Waals surface area contributed by atoms with Crippen LogP contribution in [0.2, 0.25) is 0 Å². The summed E-state index contributed by atoms with van der Waals surface area (Å²) in [5.41, 5.74) is -0.0917. The Labute approximate surface area is 124 Å². The monoisotopic (exact) mass is 300 g/mol. The molecule has 2 N–H and O–H groups in total. The van der Waals surface area contributed by atoms with Crippen molar-refractivity contribution in [1.29, 1.82) is 0 Å². The average molecular weight is 300 g/mol. The minimum atomic E-state index is -1.12. The lowest BCUT2D eigenvalue weighted by Gasteiger charge is -2.22. The smallest absolute Gasteiger partial charge is 0.142 e. The zero-order valence-corrected chi connectivity index (χ0v) is 11.6. The molecule has 0 bridgehead atoms. The van der Waals surface area contributed by atoms with Crippen molar-refractivity contribution in [2.24, 2.45) is 0 Å². The molecule has 22 heavy (non-hydrogen) atoms. The molecule has 1 saturated heterocycles. The van der Waals surface area contributed by atoms with Crippen LogP contribution in [0.1, 0.15) is 12.1 Å². The zero-order valence-electron chi connectivity index (χ0n) is 11.6. The molecule has 1 aliphatic rings. The summed E-state index contributed by atoms with van der Waals surface area (Å²) < 4.78 is 14.2. The number of aromatic amines is 1. The number of β-amino-alcohol motifs (C(OH)–C–C–N with tert-alkyl or cyclic N) is 1. The number of nitrogens with zero attached hydrogens (tertiary/aromatic N) is 5. The van der Waals surface area contributed by atoms with E-state index < -0.39 is 5.60 Å². The first kappa shape index (κ1) is 13.1. The summed E-state index contributed by atoms with van der Waals surface area (Å²) in [6, 6.07) is 4.74. The third-order valence-electron chi connectivity index (χ3n) is 4.03. The van der Waals surface area contributed by atoms with Gasteiger partial charge in [-0.15, -0.1) is 0 Å². The fourth-order valence-electron chi connectivity index (χ4n) is 2.90. The van der Waals surface area contributed by atoms with E-state index in [1.54, 1.807) is 12.1 Å². The van der Waals surface area contributed by atoms with Crippen LogP contribution < -0.4 is 4.90 Å². The maximum absolute atomic E-state index is 14.2. The Balaban J connectivity index is 1.75. The third kappa shape index (κ3) is 1.92. The minimum Gasteiger partial charge on any atom is -0.381 e. The number of anilines is 1. The number of hydrogen-bond donors (Lipinski definition) is 2. The highest BCUT2D eigenvalue weighted by molar-refractivity contribution is 5.90. The van der Waals surface area contributed by atoms with Gasteiger partial charge < -0.3 is 10.0 Å². The first-order valence-electron chi connectivity index (χ1n) is 6.90. The van der Waals surface area contributed by atoms with E-state index in [-0.39, 0.29) is 12.4 Å². The van der Waals surface area contributed by atoms with E-state index in [0.717, 1.165) is 0 Å². The van der Waals surface area contributed by atoms with Crippen molar-refractivity contribution in [3.63, 3.8) is 0 Å². The molecular weight excluding hydrogens is 287 g/mol.